The van der Waals surface area contributed by atoms with Gasteiger partial charge in [-0.25, -0.2) is 4.98 Å². The van der Waals surface area contributed by atoms with Crippen molar-refractivity contribution in [1.29, 1.82) is 0 Å². The number of nitrogens with zero attached hydrogens (tertiary/aromatic N) is 1. The molecule has 2 aromatic rings. The maximum atomic E-state index is 5.32. The van der Waals surface area contributed by atoms with Crippen LogP contribution in [0.3, 0.4) is 0 Å². The first-order chi connectivity index (χ1) is 8.45. The van der Waals surface area contributed by atoms with Crippen molar-refractivity contribution in [3.63, 3.8) is 0 Å². The molecule has 0 N–H and O–H groups in total. The van der Waals surface area contributed by atoms with Gasteiger partial charge in [-0.3, -0.25) is 0 Å². The van der Waals surface area contributed by atoms with Crippen LogP contribution < -0.4 is 5.19 Å². The van der Waals surface area contributed by atoms with E-state index in [0.29, 0.717) is 0 Å². The maximum absolute atomic E-state index is 5.32. The first-order valence-corrected chi connectivity index (χ1v) is 10.6. The lowest BCUT2D eigenvalue weighted by atomic mass is 10.2. The number of aromatic nitrogens is 1. The van der Waals surface area contributed by atoms with Crippen LogP contribution in [0.4, 0.5) is 0 Å². The smallest absolute Gasteiger partial charge is 0.256 e. The molecule has 1 aromatic carbocycles. The van der Waals surface area contributed by atoms with Gasteiger partial charge >= 0.3 is 0 Å². The average molecular weight is 277 g/mol. The van der Waals surface area contributed by atoms with E-state index in [1.54, 1.807) is 18.0 Å². The van der Waals surface area contributed by atoms with Gasteiger partial charge in [0.2, 0.25) is 0 Å². The number of aryl methyl sites for hydroxylation is 1. The third-order valence-corrected chi connectivity index (χ3v) is 5.76. The van der Waals surface area contributed by atoms with Crippen molar-refractivity contribution < 1.29 is 4.42 Å². The molecule has 1 aromatic heterocycles. The summed E-state index contributed by atoms with van der Waals surface area (Å²) < 4.78 is 5.32. The lowest BCUT2D eigenvalue weighted by Crippen LogP contribution is -2.37. The molecule has 0 atom stereocenters. The van der Waals surface area contributed by atoms with Gasteiger partial charge in [-0.2, -0.15) is 0 Å². The van der Waals surface area contributed by atoms with Crippen LogP contribution in [0.25, 0.3) is 0 Å². The first kappa shape index (κ1) is 13.4. The SMILES string of the molecule is Cc1coc(SCc2ccc([Si](C)(C)C)cc2)n1. The summed E-state index contributed by atoms with van der Waals surface area (Å²) in [4.78, 5) is 4.29. The number of benzene rings is 1. The second-order valence-electron chi connectivity index (χ2n) is 5.49. The highest BCUT2D eigenvalue weighted by atomic mass is 32.2. The zero-order valence-corrected chi connectivity index (χ0v) is 13.2. The zero-order valence-electron chi connectivity index (χ0n) is 11.4. The number of rotatable bonds is 4. The fourth-order valence-corrected chi connectivity index (χ4v) is 3.62. The van der Waals surface area contributed by atoms with Crippen molar-refractivity contribution in [3.05, 3.63) is 41.8 Å². The van der Waals surface area contributed by atoms with Crippen molar-refractivity contribution in [3.8, 4) is 0 Å². The number of thioether (sulfide) groups is 1. The molecule has 4 heteroatoms. The molecule has 0 spiro atoms. The lowest BCUT2D eigenvalue weighted by molar-refractivity contribution is 0.454. The van der Waals surface area contributed by atoms with Crippen molar-refractivity contribution in [2.45, 2.75) is 37.5 Å². The van der Waals surface area contributed by atoms with E-state index in [1.165, 1.54) is 10.8 Å². The van der Waals surface area contributed by atoms with E-state index in [4.69, 9.17) is 4.42 Å². The van der Waals surface area contributed by atoms with Gasteiger partial charge in [0, 0.05) is 5.75 Å². The van der Waals surface area contributed by atoms with E-state index in [1.807, 2.05) is 6.92 Å². The highest BCUT2D eigenvalue weighted by Crippen LogP contribution is 2.21. The molecule has 96 valence electrons. The average Bonchev–Trinajstić information content (AvgIpc) is 2.72. The third-order valence-electron chi connectivity index (χ3n) is 2.78. The van der Waals surface area contributed by atoms with Gasteiger partial charge in [-0.15, -0.1) is 0 Å². The van der Waals surface area contributed by atoms with Gasteiger partial charge in [0.05, 0.1) is 13.8 Å². The van der Waals surface area contributed by atoms with Crippen molar-refractivity contribution in [2.24, 2.45) is 0 Å². The summed E-state index contributed by atoms with van der Waals surface area (Å²) >= 11 is 1.64. The predicted octanol–water partition coefficient (Wildman–Crippen LogP) is 3.82. The highest BCUT2D eigenvalue weighted by molar-refractivity contribution is 7.98. The molecular formula is C14H19NOSSi. The van der Waals surface area contributed by atoms with Crippen LogP contribution in [0.15, 0.2) is 40.2 Å². The Labute approximate surface area is 114 Å². The number of hydrogen-bond donors (Lipinski definition) is 0. The monoisotopic (exact) mass is 277 g/mol. The fourth-order valence-electron chi connectivity index (χ4n) is 1.64. The Balaban J connectivity index is 1.98. The van der Waals surface area contributed by atoms with Crippen molar-refractivity contribution >= 4 is 25.0 Å². The minimum atomic E-state index is -1.18. The van der Waals surface area contributed by atoms with Crippen LogP contribution in [0.1, 0.15) is 11.3 Å². The second-order valence-corrected chi connectivity index (χ2v) is 11.5. The summed E-state index contributed by atoms with van der Waals surface area (Å²) in [6.07, 6.45) is 1.69. The fraction of sp³-hybridized carbons (Fsp3) is 0.357. The number of oxazole rings is 1. The Morgan fingerprint density at radius 1 is 1.17 bits per heavy atom. The molecule has 18 heavy (non-hydrogen) atoms. The van der Waals surface area contributed by atoms with Crippen LogP contribution in [-0.4, -0.2) is 13.1 Å². The van der Waals surface area contributed by atoms with Crippen molar-refractivity contribution in [1.82, 2.24) is 4.98 Å². The van der Waals surface area contributed by atoms with Crippen LogP contribution >= 0.6 is 11.8 Å². The van der Waals surface area contributed by atoms with E-state index < -0.39 is 8.07 Å². The summed E-state index contributed by atoms with van der Waals surface area (Å²) in [5.74, 6) is 0.909. The van der Waals surface area contributed by atoms with Gasteiger partial charge in [0.1, 0.15) is 6.26 Å². The normalized spacial score (nSPS) is 11.8. The van der Waals surface area contributed by atoms with E-state index >= 15 is 0 Å². The van der Waals surface area contributed by atoms with Gasteiger partial charge in [-0.1, -0.05) is 60.9 Å². The van der Waals surface area contributed by atoms with Gasteiger partial charge in [-0.05, 0) is 12.5 Å². The minimum absolute atomic E-state index is 0.752. The summed E-state index contributed by atoms with van der Waals surface area (Å²) in [7, 11) is -1.18. The largest absolute Gasteiger partial charge is 0.440 e. The standard InChI is InChI=1S/C14H19NOSSi/c1-11-9-16-14(15-11)17-10-12-5-7-13(8-6-12)18(2,3)4/h5-9H,10H2,1-4H3. The maximum Gasteiger partial charge on any atom is 0.256 e. The molecule has 0 saturated heterocycles. The molecule has 1 heterocycles. The van der Waals surface area contributed by atoms with Crippen LogP contribution in [0.5, 0.6) is 0 Å². The van der Waals surface area contributed by atoms with E-state index in [-0.39, 0.29) is 0 Å². The second kappa shape index (κ2) is 5.32. The Morgan fingerprint density at radius 3 is 2.33 bits per heavy atom. The Bertz CT molecular complexity index is 513. The first-order valence-electron chi connectivity index (χ1n) is 6.09. The van der Waals surface area contributed by atoms with E-state index in [0.717, 1.165) is 16.7 Å². The molecule has 2 nitrogen and oxygen atoms in total. The van der Waals surface area contributed by atoms with E-state index in [9.17, 15) is 0 Å². The predicted molar refractivity (Wildman–Crippen MR) is 80.2 cm³/mol. The molecule has 0 unspecified atom stereocenters. The Morgan fingerprint density at radius 2 is 1.83 bits per heavy atom. The Hall–Kier alpha value is -1.00. The molecule has 0 fully saturated rings. The Kier molecular flexibility index (Phi) is 3.97. The van der Waals surface area contributed by atoms with Gasteiger partial charge in [0.15, 0.2) is 0 Å². The van der Waals surface area contributed by atoms with Crippen LogP contribution in [0, 0.1) is 6.92 Å². The third kappa shape index (κ3) is 3.49. The molecule has 0 saturated carbocycles. The molecule has 0 aliphatic heterocycles. The summed E-state index contributed by atoms with van der Waals surface area (Å²) in [5, 5.41) is 2.25. The molecule has 0 amide bonds. The highest BCUT2D eigenvalue weighted by Gasteiger charge is 2.15. The van der Waals surface area contributed by atoms with Crippen LogP contribution in [0.2, 0.25) is 19.6 Å². The molecule has 0 aliphatic rings. The topological polar surface area (TPSA) is 26.0 Å². The molecule has 0 aliphatic carbocycles. The molecule has 0 bridgehead atoms. The zero-order chi connectivity index (χ0) is 13.2. The van der Waals surface area contributed by atoms with Gasteiger partial charge < -0.3 is 4.42 Å². The summed E-state index contributed by atoms with van der Waals surface area (Å²) in [5.41, 5.74) is 2.25. The van der Waals surface area contributed by atoms with Crippen molar-refractivity contribution in [2.75, 3.05) is 0 Å². The van der Waals surface area contributed by atoms with Gasteiger partial charge in [0.25, 0.3) is 5.22 Å². The minimum Gasteiger partial charge on any atom is -0.440 e. The molecule has 2 rings (SSSR count). The van der Waals surface area contributed by atoms with E-state index in [2.05, 4.69) is 48.9 Å². The molecule has 0 radical (unpaired) electrons. The van der Waals surface area contributed by atoms with Crippen LogP contribution in [-0.2, 0) is 5.75 Å². The molecular weight excluding hydrogens is 258 g/mol. The summed E-state index contributed by atoms with van der Waals surface area (Å²) in [6.45, 7) is 9.04. The summed E-state index contributed by atoms with van der Waals surface area (Å²) in [6, 6.07) is 8.97. The lowest BCUT2D eigenvalue weighted by Gasteiger charge is -2.16. The quantitative estimate of drug-likeness (QED) is 0.627. The number of hydrogen-bond acceptors (Lipinski definition) is 3.